The molecule has 1 aliphatic heterocycles. The Kier molecular flexibility index (Phi) is 8.03. The Balaban J connectivity index is 0.00000280. The molecule has 1 fully saturated rings. The monoisotopic (exact) mass is 401 g/mol. The second kappa shape index (κ2) is 10.2. The molecule has 0 bridgehead atoms. The van der Waals surface area contributed by atoms with Crippen molar-refractivity contribution < 1.29 is 9.59 Å². The van der Waals surface area contributed by atoms with Crippen LogP contribution in [0.4, 0.5) is 0 Å². The minimum absolute atomic E-state index is 0. The summed E-state index contributed by atoms with van der Waals surface area (Å²) in [5.41, 5.74) is 9.21. The average Bonchev–Trinajstić information content (AvgIpc) is 2.72. The molecule has 2 aromatic carbocycles. The number of nitrogens with one attached hydrogen (secondary N) is 1. The molecular weight excluding hydrogens is 374 g/mol. The molecule has 1 aliphatic rings. The van der Waals surface area contributed by atoms with Crippen LogP contribution in [0.1, 0.15) is 35.6 Å². The Morgan fingerprint density at radius 3 is 2.29 bits per heavy atom. The highest BCUT2D eigenvalue weighted by Crippen LogP contribution is 2.21. The zero-order valence-electron chi connectivity index (χ0n) is 16.1. The highest BCUT2D eigenvalue weighted by atomic mass is 35.5. The van der Waals surface area contributed by atoms with Gasteiger partial charge < -0.3 is 16.0 Å². The van der Waals surface area contributed by atoms with E-state index in [-0.39, 0.29) is 30.1 Å². The number of aryl methyl sites for hydroxylation is 1. The van der Waals surface area contributed by atoms with Gasteiger partial charge in [-0.1, -0.05) is 60.2 Å². The van der Waals surface area contributed by atoms with Gasteiger partial charge in [0, 0.05) is 25.6 Å². The van der Waals surface area contributed by atoms with Crippen molar-refractivity contribution in [3.8, 4) is 0 Å². The second-order valence-electron chi connectivity index (χ2n) is 7.19. The van der Waals surface area contributed by atoms with Gasteiger partial charge in [-0.25, -0.2) is 0 Å². The lowest BCUT2D eigenvalue weighted by Crippen LogP contribution is -2.46. The van der Waals surface area contributed by atoms with Gasteiger partial charge in [0.1, 0.15) is 6.04 Å². The van der Waals surface area contributed by atoms with E-state index in [4.69, 9.17) is 5.73 Å². The van der Waals surface area contributed by atoms with E-state index < -0.39 is 6.04 Å². The summed E-state index contributed by atoms with van der Waals surface area (Å²) in [5.74, 6) is -0.0517. The number of piperidine rings is 1. The number of amides is 2. The fraction of sp³-hybridized carbons (Fsp3) is 0.364. The molecule has 1 atom stereocenters. The lowest BCUT2D eigenvalue weighted by molar-refractivity contribution is -0.136. The van der Waals surface area contributed by atoms with E-state index in [1.165, 1.54) is 0 Å². The highest BCUT2D eigenvalue weighted by Gasteiger charge is 2.29. The first-order valence-corrected chi connectivity index (χ1v) is 9.47. The van der Waals surface area contributed by atoms with Gasteiger partial charge in [-0.15, -0.1) is 12.4 Å². The third-order valence-electron chi connectivity index (χ3n) is 5.19. The van der Waals surface area contributed by atoms with E-state index in [1.807, 2.05) is 61.5 Å². The van der Waals surface area contributed by atoms with Crippen LogP contribution in [-0.4, -0.2) is 29.8 Å². The normalized spacial score (nSPS) is 15.4. The van der Waals surface area contributed by atoms with Gasteiger partial charge in [-0.3, -0.25) is 9.59 Å². The number of hydrogen-bond acceptors (Lipinski definition) is 3. The molecule has 2 amide bonds. The zero-order valence-corrected chi connectivity index (χ0v) is 17.0. The molecule has 3 rings (SSSR count). The van der Waals surface area contributed by atoms with Crippen LogP contribution in [0.2, 0.25) is 0 Å². The molecule has 150 valence electrons. The summed E-state index contributed by atoms with van der Waals surface area (Å²) >= 11 is 0. The number of benzene rings is 2. The topological polar surface area (TPSA) is 75.4 Å². The largest absolute Gasteiger partial charge is 0.352 e. The number of halogens is 1. The Morgan fingerprint density at radius 1 is 1.07 bits per heavy atom. The number of nitrogens with zero attached hydrogens (tertiary/aromatic N) is 1. The fourth-order valence-corrected chi connectivity index (χ4v) is 3.40. The third-order valence-corrected chi connectivity index (χ3v) is 5.19. The SMILES string of the molecule is Cc1ccc(C(N)C(=O)N2CCC(C(=O)NCc3ccccc3)CC2)cc1.Cl. The summed E-state index contributed by atoms with van der Waals surface area (Å²) in [6.07, 6.45) is 1.35. The third kappa shape index (κ3) is 5.57. The first kappa shape index (κ1) is 21.9. The first-order valence-electron chi connectivity index (χ1n) is 9.47. The van der Waals surface area contributed by atoms with Gasteiger partial charge in [0.25, 0.3) is 0 Å². The van der Waals surface area contributed by atoms with Crippen LogP contribution in [-0.2, 0) is 16.1 Å². The van der Waals surface area contributed by atoms with Crippen molar-refractivity contribution in [1.29, 1.82) is 0 Å². The van der Waals surface area contributed by atoms with Crippen molar-refractivity contribution in [2.24, 2.45) is 11.7 Å². The Bertz CT molecular complexity index is 772. The molecular formula is C22H28ClN3O2. The molecule has 3 N–H and O–H groups in total. The molecule has 28 heavy (non-hydrogen) atoms. The van der Waals surface area contributed by atoms with E-state index in [2.05, 4.69) is 5.32 Å². The number of hydrogen-bond donors (Lipinski definition) is 2. The lowest BCUT2D eigenvalue weighted by Gasteiger charge is -2.33. The van der Waals surface area contributed by atoms with Crippen molar-refractivity contribution in [1.82, 2.24) is 10.2 Å². The summed E-state index contributed by atoms with van der Waals surface area (Å²) < 4.78 is 0. The molecule has 5 nitrogen and oxygen atoms in total. The predicted octanol–water partition coefficient (Wildman–Crippen LogP) is 2.97. The molecule has 0 aromatic heterocycles. The Hall–Kier alpha value is -2.37. The smallest absolute Gasteiger partial charge is 0.244 e. The highest BCUT2D eigenvalue weighted by molar-refractivity contribution is 5.85. The van der Waals surface area contributed by atoms with E-state index in [1.54, 1.807) is 4.90 Å². The van der Waals surface area contributed by atoms with Gasteiger partial charge in [-0.05, 0) is 30.9 Å². The molecule has 0 saturated carbocycles. The van der Waals surface area contributed by atoms with Gasteiger partial charge in [0.05, 0.1) is 0 Å². The molecule has 6 heteroatoms. The Labute approximate surface area is 172 Å². The fourth-order valence-electron chi connectivity index (χ4n) is 3.40. The number of nitrogens with two attached hydrogens (primary N) is 1. The zero-order chi connectivity index (χ0) is 19.2. The summed E-state index contributed by atoms with van der Waals surface area (Å²) in [7, 11) is 0. The summed E-state index contributed by atoms with van der Waals surface area (Å²) in [4.78, 5) is 26.9. The van der Waals surface area contributed by atoms with Crippen LogP contribution in [0.15, 0.2) is 54.6 Å². The lowest BCUT2D eigenvalue weighted by atomic mass is 9.94. The molecule has 1 unspecified atom stereocenters. The van der Waals surface area contributed by atoms with E-state index >= 15 is 0 Å². The average molecular weight is 402 g/mol. The minimum Gasteiger partial charge on any atom is -0.352 e. The second-order valence-corrected chi connectivity index (χ2v) is 7.19. The number of likely N-dealkylation sites (tertiary alicyclic amines) is 1. The summed E-state index contributed by atoms with van der Waals surface area (Å²) in [6, 6.07) is 17.0. The van der Waals surface area contributed by atoms with Gasteiger partial charge in [0.2, 0.25) is 11.8 Å². The van der Waals surface area contributed by atoms with Crippen LogP contribution in [0.25, 0.3) is 0 Å². The van der Waals surface area contributed by atoms with E-state index in [0.717, 1.165) is 16.7 Å². The van der Waals surface area contributed by atoms with Crippen LogP contribution < -0.4 is 11.1 Å². The van der Waals surface area contributed by atoms with Crippen molar-refractivity contribution in [3.05, 3.63) is 71.3 Å². The molecule has 2 aromatic rings. The maximum Gasteiger partial charge on any atom is 0.244 e. The van der Waals surface area contributed by atoms with Gasteiger partial charge in [0.15, 0.2) is 0 Å². The van der Waals surface area contributed by atoms with Crippen LogP contribution >= 0.6 is 12.4 Å². The van der Waals surface area contributed by atoms with Crippen molar-refractivity contribution in [2.75, 3.05) is 13.1 Å². The van der Waals surface area contributed by atoms with Gasteiger partial charge in [-0.2, -0.15) is 0 Å². The Morgan fingerprint density at radius 2 is 1.68 bits per heavy atom. The molecule has 0 spiro atoms. The summed E-state index contributed by atoms with van der Waals surface area (Å²) in [6.45, 7) is 3.69. The number of carbonyl (C=O) groups excluding carboxylic acids is 2. The van der Waals surface area contributed by atoms with E-state index in [0.29, 0.717) is 32.5 Å². The minimum atomic E-state index is -0.644. The van der Waals surface area contributed by atoms with Crippen LogP contribution in [0.5, 0.6) is 0 Å². The van der Waals surface area contributed by atoms with Crippen molar-refractivity contribution >= 4 is 24.2 Å². The molecule has 0 radical (unpaired) electrons. The van der Waals surface area contributed by atoms with Crippen LogP contribution in [0.3, 0.4) is 0 Å². The maximum atomic E-state index is 12.7. The predicted molar refractivity (Wildman–Crippen MR) is 113 cm³/mol. The van der Waals surface area contributed by atoms with Gasteiger partial charge >= 0.3 is 0 Å². The quantitative estimate of drug-likeness (QED) is 0.808. The standard InChI is InChI=1S/C22H27N3O2.ClH/c1-16-7-9-18(10-8-16)20(23)22(27)25-13-11-19(12-14-25)21(26)24-15-17-5-3-2-4-6-17;/h2-10,19-20H,11-15,23H2,1H3,(H,24,26);1H. The number of rotatable bonds is 5. The summed E-state index contributed by atoms with van der Waals surface area (Å²) in [5, 5.41) is 3.00. The first-order chi connectivity index (χ1) is 13.0. The molecule has 0 aliphatic carbocycles. The molecule has 1 heterocycles. The molecule has 1 saturated heterocycles. The van der Waals surface area contributed by atoms with Crippen molar-refractivity contribution in [3.63, 3.8) is 0 Å². The van der Waals surface area contributed by atoms with Crippen LogP contribution in [0, 0.1) is 12.8 Å². The van der Waals surface area contributed by atoms with Crippen molar-refractivity contribution in [2.45, 2.75) is 32.4 Å². The number of carbonyl (C=O) groups is 2. The van der Waals surface area contributed by atoms with E-state index in [9.17, 15) is 9.59 Å². The maximum absolute atomic E-state index is 12.7.